The number of carbonyl (C=O) groups excluding carboxylic acids is 3. The molecule has 2 amide bonds. The Morgan fingerprint density at radius 3 is 2.67 bits per heavy atom. The maximum absolute atomic E-state index is 12.1. The second kappa shape index (κ2) is 8.44. The summed E-state index contributed by atoms with van der Waals surface area (Å²) in [6.07, 6.45) is 0.0952. The highest BCUT2D eigenvalue weighted by Crippen LogP contribution is 2.26. The average molecular weight is 334 g/mol. The van der Waals surface area contributed by atoms with Gasteiger partial charge in [0, 0.05) is 32.3 Å². The van der Waals surface area contributed by atoms with Gasteiger partial charge in [0.2, 0.25) is 5.91 Å². The summed E-state index contributed by atoms with van der Waals surface area (Å²) in [5.74, 6) is -1.59. The molecule has 130 valence electrons. The molecule has 1 aliphatic heterocycles. The van der Waals surface area contributed by atoms with Gasteiger partial charge in [-0.1, -0.05) is 17.7 Å². The lowest BCUT2D eigenvalue weighted by Crippen LogP contribution is -2.33. The van der Waals surface area contributed by atoms with Crippen molar-refractivity contribution in [3.8, 4) is 0 Å². The molecular weight excluding hydrogens is 312 g/mol. The number of anilines is 1. The van der Waals surface area contributed by atoms with Gasteiger partial charge in [-0.15, -0.1) is 0 Å². The number of methoxy groups -OCH3 is 1. The Hall–Kier alpha value is -2.41. The summed E-state index contributed by atoms with van der Waals surface area (Å²) in [4.78, 5) is 37.2. The summed E-state index contributed by atoms with van der Waals surface area (Å²) in [5, 5.41) is 2.56. The Bertz CT molecular complexity index is 600. The molecule has 1 aromatic carbocycles. The molecule has 1 N–H and O–H groups in total. The molecule has 7 nitrogen and oxygen atoms in total. The zero-order valence-corrected chi connectivity index (χ0v) is 13.9. The zero-order chi connectivity index (χ0) is 17.5. The van der Waals surface area contributed by atoms with Crippen molar-refractivity contribution in [1.29, 1.82) is 0 Å². The fourth-order valence-corrected chi connectivity index (χ4v) is 2.44. The number of esters is 1. The molecule has 0 unspecified atom stereocenters. The predicted octanol–water partition coefficient (Wildman–Crippen LogP) is 0.654. The van der Waals surface area contributed by atoms with E-state index in [0.29, 0.717) is 13.2 Å². The minimum absolute atomic E-state index is 0.0952. The highest BCUT2D eigenvalue weighted by atomic mass is 16.5. The second-order valence-electron chi connectivity index (χ2n) is 5.69. The van der Waals surface area contributed by atoms with Crippen LogP contribution in [0.2, 0.25) is 0 Å². The lowest BCUT2D eigenvalue weighted by Gasteiger charge is -2.16. The van der Waals surface area contributed by atoms with E-state index >= 15 is 0 Å². The predicted molar refractivity (Wildman–Crippen MR) is 87.5 cm³/mol. The van der Waals surface area contributed by atoms with Crippen LogP contribution >= 0.6 is 0 Å². The number of carbonyl (C=O) groups is 3. The third kappa shape index (κ3) is 4.79. The quantitative estimate of drug-likeness (QED) is 0.585. The van der Waals surface area contributed by atoms with Crippen molar-refractivity contribution in [2.75, 3.05) is 38.3 Å². The van der Waals surface area contributed by atoms with E-state index in [4.69, 9.17) is 9.47 Å². The Kier molecular flexibility index (Phi) is 6.31. The maximum Gasteiger partial charge on any atom is 0.311 e. The lowest BCUT2D eigenvalue weighted by molar-refractivity contribution is -0.152. The standard InChI is InChI=1S/C17H22N2O5/c1-12-3-5-14(6-4-12)19-10-13(9-16(19)21)17(22)24-11-15(20)18-7-8-23-2/h3-6,13H,7-11H2,1-2H3,(H,18,20)/t13-/m1/s1. The topological polar surface area (TPSA) is 84.9 Å². The van der Waals surface area contributed by atoms with Gasteiger partial charge in [-0.3, -0.25) is 14.4 Å². The first-order valence-corrected chi connectivity index (χ1v) is 7.80. The summed E-state index contributed by atoms with van der Waals surface area (Å²) in [6.45, 7) is 2.63. The summed E-state index contributed by atoms with van der Waals surface area (Å²) in [5.41, 5.74) is 1.86. The van der Waals surface area contributed by atoms with Gasteiger partial charge in [0.15, 0.2) is 6.61 Å². The fraction of sp³-hybridized carbons (Fsp3) is 0.471. The Balaban J connectivity index is 1.83. The third-order valence-corrected chi connectivity index (χ3v) is 3.78. The van der Waals surface area contributed by atoms with Crippen LogP contribution in [0.3, 0.4) is 0 Å². The number of hydrogen-bond acceptors (Lipinski definition) is 5. The SMILES string of the molecule is COCCNC(=O)COC(=O)[C@@H]1CC(=O)N(c2ccc(C)cc2)C1. The largest absolute Gasteiger partial charge is 0.455 e. The first kappa shape index (κ1) is 17.9. The van der Waals surface area contributed by atoms with Gasteiger partial charge in [0.05, 0.1) is 12.5 Å². The first-order chi connectivity index (χ1) is 11.5. The van der Waals surface area contributed by atoms with Crippen molar-refractivity contribution in [1.82, 2.24) is 5.32 Å². The molecule has 0 bridgehead atoms. The van der Waals surface area contributed by atoms with E-state index in [1.807, 2.05) is 31.2 Å². The number of hydrogen-bond donors (Lipinski definition) is 1. The van der Waals surface area contributed by atoms with Crippen LogP contribution in [0.1, 0.15) is 12.0 Å². The normalized spacial score (nSPS) is 17.0. The highest BCUT2D eigenvalue weighted by molar-refractivity contribution is 5.99. The van der Waals surface area contributed by atoms with Crippen LogP contribution in [-0.4, -0.2) is 51.2 Å². The van der Waals surface area contributed by atoms with E-state index in [1.165, 1.54) is 7.11 Å². The zero-order valence-electron chi connectivity index (χ0n) is 13.9. The van der Waals surface area contributed by atoms with E-state index < -0.39 is 11.9 Å². The molecular formula is C17H22N2O5. The second-order valence-corrected chi connectivity index (χ2v) is 5.69. The maximum atomic E-state index is 12.1. The van der Waals surface area contributed by atoms with Crippen molar-refractivity contribution in [3.05, 3.63) is 29.8 Å². The fourth-order valence-electron chi connectivity index (χ4n) is 2.44. The Labute approximate surface area is 140 Å². The van der Waals surface area contributed by atoms with Gasteiger partial charge in [0.1, 0.15) is 0 Å². The van der Waals surface area contributed by atoms with Gasteiger partial charge < -0.3 is 19.7 Å². The minimum Gasteiger partial charge on any atom is -0.455 e. The molecule has 1 aromatic rings. The van der Waals surface area contributed by atoms with Crippen molar-refractivity contribution in [2.24, 2.45) is 5.92 Å². The van der Waals surface area contributed by atoms with Gasteiger partial charge in [-0.05, 0) is 19.1 Å². The Morgan fingerprint density at radius 2 is 2.00 bits per heavy atom. The molecule has 7 heteroatoms. The van der Waals surface area contributed by atoms with Gasteiger partial charge in [0.25, 0.3) is 5.91 Å². The van der Waals surface area contributed by atoms with Crippen LogP contribution in [0, 0.1) is 12.8 Å². The van der Waals surface area contributed by atoms with E-state index in [9.17, 15) is 14.4 Å². The molecule has 0 spiro atoms. The number of benzene rings is 1. The number of ether oxygens (including phenoxy) is 2. The lowest BCUT2D eigenvalue weighted by atomic mass is 10.1. The molecule has 0 aliphatic carbocycles. The van der Waals surface area contributed by atoms with Gasteiger partial charge in [-0.2, -0.15) is 0 Å². The van der Waals surface area contributed by atoms with Crippen molar-refractivity contribution in [3.63, 3.8) is 0 Å². The number of nitrogens with one attached hydrogen (secondary N) is 1. The third-order valence-electron chi connectivity index (χ3n) is 3.78. The monoisotopic (exact) mass is 334 g/mol. The molecule has 0 saturated carbocycles. The smallest absolute Gasteiger partial charge is 0.311 e. The number of amides is 2. The molecule has 1 fully saturated rings. The van der Waals surface area contributed by atoms with Crippen LogP contribution < -0.4 is 10.2 Å². The first-order valence-electron chi connectivity index (χ1n) is 7.80. The minimum atomic E-state index is -0.550. The molecule has 2 rings (SSSR count). The van der Waals surface area contributed by atoms with Crippen LogP contribution in [0.25, 0.3) is 0 Å². The summed E-state index contributed by atoms with van der Waals surface area (Å²) >= 11 is 0. The molecule has 24 heavy (non-hydrogen) atoms. The van der Waals surface area contributed by atoms with E-state index in [2.05, 4.69) is 5.32 Å². The molecule has 1 saturated heterocycles. The van der Waals surface area contributed by atoms with E-state index in [-0.39, 0.29) is 31.4 Å². The van der Waals surface area contributed by atoms with Crippen LogP contribution in [0.5, 0.6) is 0 Å². The summed E-state index contributed by atoms with van der Waals surface area (Å²) in [7, 11) is 1.53. The van der Waals surface area contributed by atoms with Crippen LogP contribution in [-0.2, 0) is 23.9 Å². The average Bonchev–Trinajstić information content (AvgIpc) is 2.95. The molecule has 1 aliphatic rings. The van der Waals surface area contributed by atoms with Crippen molar-refractivity contribution in [2.45, 2.75) is 13.3 Å². The van der Waals surface area contributed by atoms with E-state index in [1.54, 1.807) is 4.90 Å². The van der Waals surface area contributed by atoms with Crippen LogP contribution in [0.15, 0.2) is 24.3 Å². The van der Waals surface area contributed by atoms with Crippen LogP contribution in [0.4, 0.5) is 5.69 Å². The molecule has 1 heterocycles. The van der Waals surface area contributed by atoms with Gasteiger partial charge in [-0.25, -0.2) is 0 Å². The van der Waals surface area contributed by atoms with Crippen molar-refractivity contribution < 1.29 is 23.9 Å². The molecule has 0 radical (unpaired) electrons. The number of aryl methyl sites for hydroxylation is 1. The molecule has 1 atom stereocenters. The number of rotatable bonds is 7. The summed E-state index contributed by atoms with van der Waals surface area (Å²) in [6, 6.07) is 7.53. The summed E-state index contributed by atoms with van der Waals surface area (Å²) < 4.78 is 9.81. The Morgan fingerprint density at radius 1 is 1.29 bits per heavy atom. The molecule has 0 aromatic heterocycles. The van der Waals surface area contributed by atoms with Gasteiger partial charge >= 0.3 is 5.97 Å². The van der Waals surface area contributed by atoms with Crippen molar-refractivity contribution >= 4 is 23.5 Å². The highest BCUT2D eigenvalue weighted by Gasteiger charge is 2.36. The number of nitrogens with zero attached hydrogens (tertiary/aromatic N) is 1. The van der Waals surface area contributed by atoms with E-state index in [0.717, 1.165) is 11.3 Å².